The van der Waals surface area contributed by atoms with Gasteiger partial charge in [0, 0.05) is 42.4 Å². The number of benzene rings is 2. The van der Waals surface area contributed by atoms with Crippen LogP contribution in [0, 0.1) is 11.8 Å². The minimum absolute atomic E-state index is 0.00347. The van der Waals surface area contributed by atoms with Gasteiger partial charge in [0.25, 0.3) is 0 Å². The Morgan fingerprint density at radius 3 is 2.36 bits per heavy atom. The average molecular weight is 619 g/mol. The highest BCUT2D eigenvalue weighted by Crippen LogP contribution is 2.32. The van der Waals surface area contributed by atoms with Crippen molar-refractivity contribution in [1.29, 1.82) is 0 Å². The number of nitrogens with one attached hydrogen (secondary N) is 2. The molecule has 1 heterocycles. The Bertz CT molecular complexity index is 1310. The number of likely N-dealkylation sites (N-methyl/N-ethyl adjacent to an activating group) is 1. The van der Waals surface area contributed by atoms with Crippen molar-refractivity contribution in [3.05, 3.63) is 53.6 Å². The molecule has 0 spiro atoms. The number of amides is 4. The van der Waals surface area contributed by atoms with Crippen LogP contribution in [0.3, 0.4) is 0 Å². The number of hydrogen-bond acceptors (Lipinski definition) is 5. The molecule has 1 aliphatic heterocycles. The van der Waals surface area contributed by atoms with Crippen molar-refractivity contribution in [2.75, 3.05) is 37.4 Å². The molecule has 1 fully saturated rings. The molecular weight excluding hydrogens is 577 g/mol. The van der Waals surface area contributed by atoms with Crippen LogP contribution >= 0.6 is 0 Å². The van der Waals surface area contributed by atoms with E-state index in [-0.39, 0.29) is 55.5 Å². The Labute approximate surface area is 255 Å². The van der Waals surface area contributed by atoms with Crippen molar-refractivity contribution in [2.24, 2.45) is 11.8 Å². The van der Waals surface area contributed by atoms with Gasteiger partial charge in [-0.3, -0.25) is 9.59 Å². The normalized spacial score (nSPS) is 20.3. The molecule has 0 unspecified atom stereocenters. The molecular formula is C32H41F3N4O5. The number of halogens is 3. The Morgan fingerprint density at radius 1 is 1.07 bits per heavy atom. The summed E-state index contributed by atoms with van der Waals surface area (Å²) >= 11 is 0. The van der Waals surface area contributed by atoms with Gasteiger partial charge in [0.2, 0.25) is 11.8 Å². The average Bonchev–Trinajstić information content (AvgIpc) is 3.04. The summed E-state index contributed by atoms with van der Waals surface area (Å²) < 4.78 is 45.2. The minimum atomic E-state index is -4.48. The van der Waals surface area contributed by atoms with E-state index in [0.29, 0.717) is 17.0 Å². The lowest BCUT2D eigenvalue weighted by molar-refractivity contribution is -0.137. The molecule has 3 N–H and O–H groups in total. The Morgan fingerprint density at radius 2 is 1.73 bits per heavy atom. The number of hydrogen-bond donors (Lipinski definition) is 3. The summed E-state index contributed by atoms with van der Waals surface area (Å²) in [5.41, 5.74) is 0.528. The maximum absolute atomic E-state index is 13.5. The number of alkyl halides is 3. The van der Waals surface area contributed by atoms with Crippen LogP contribution in [0.15, 0.2) is 42.5 Å². The van der Waals surface area contributed by atoms with E-state index in [1.54, 1.807) is 37.1 Å². The second kappa shape index (κ2) is 14.3. The summed E-state index contributed by atoms with van der Waals surface area (Å²) in [7, 11) is 1.55. The number of urea groups is 1. The van der Waals surface area contributed by atoms with E-state index in [4.69, 9.17) is 4.74 Å². The first-order chi connectivity index (χ1) is 20.8. The fourth-order valence-electron chi connectivity index (χ4n) is 5.65. The minimum Gasteiger partial charge on any atom is -0.488 e. The van der Waals surface area contributed by atoms with Crippen LogP contribution in [0.5, 0.6) is 5.75 Å². The number of aliphatic hydroxyl groups is 1. The molecule has 240 valence electrons. The van der Waals surface area contributed by atoms with Gasteiger partial charge in [0.1, 0.15) is 11.9 Å². The molecule has 0 saturated heterocycles. The fourth-order valence-corrected chi connectivity index (χ4v) is 5.65. The first-order valence-electron chi connectivity index (χ1n) is 15.1. The van der Waals surface area contributed by atoms with Crippen molar-refractivity contribution < 1.29 is 37.4 Å². The van der Waals surface area contributed by atoms with Crippen LogP contribution < -0.4 is 15.4 Å². The summed E-state index contributed by atoms with van der Waals surface area (Å²) in [6, 6.07) is 8.36. The quantitative estimate of drug-likeness (QED) is 0.378. The van der Waals surface area contributed by atoms with E-state index >= 15 is 0 Å². The number of aliphatic hydroxyl groups excluding tert-OH is 1. The summed E-state index contributed by atoms with van der Waals surface area (Å²) in [6.45, 7) is 3.77. The van der Waals surface area contributed by atoms with Gasteiger partial charge < -0.3 is 30.3 Å². The number of ether oxygens (including phenoxy) is 1. The molecule has 1 aliphatic carbocycles. The third kappa shape index (κ3) is 8.43. The number of fused-ring (bicyclic) bond motifs is 1. The zero-order valence-electron chi connectivity index (χ0n) is 25.3. The summed E-state index contributed by atoms with van der Waals surface area (Å²) in [5, 5.41) is 15.5. The standard InChI is InChI=1S/C32H41F3N4O5/c1-20-17-39(21(2)19-40)29(41)16-23-15-26(36-30(42)22-7-5-4-6-8-22)13-14-27(23)44-28(20)18-38(3)31(43)37-25-11-9-24(10-12-25)32(33,34)35/h9-15,20-22,28,40H,4-8,16-19H2,1-3H3,(H,36,42)(H,37,43)/t20-,21+,28-/m1/s1. The van der Waals surface area contributed by atoms with Crippen LogP contribution in [0.4, 0.5) is 29.3 Å². The highest BCUT2D eigenvalue weighted by molar-refractivity contribution is 5.93. The smallest absolute Gasteiger partial charge is 0.416 e. The van der Waals surface area contributed by atoms with Gasteiger partial charge in [-0.25, -0.2) is 4.79 Å². The first-order valence-corrected chi connectivity index (χ1v) is 15.1. The lowest BCUT2D eigenvalue weighted by Gasteiger charge is -2.34. The molecule has 1 saturated carbocycles. The third-order valence-electron chi connectivity index (χ3n) is 8.42. The van der Waals surface area contributed by atoms with Crippen molar-refractivity contribution in [1.82, 2.24) is 9.80 Å². The molecule has 2 aliphatic rings. The Balaban J connectivity index is 1.53. The molecule has 9 nitrogen and oxygen atoms in total. The van der Waals surface area contributed by atoms with Crippen LogP contribution in [-0.2, 0) is 22.2 Å². The number of rotatable bonds is 7. The van der Waals surface area contributed by atoms with Crippen LogP contribution in [0.2, 0.25) is 0 Å². The second-order valence-electron chi connectivity index (χ2n) is 11.9. The maximum Gasteiger partial charge on any atom is 0.416 e. The molecule has 0 radical (unpaired) electrons. The molecule has 12 heteroatoms. The maximum atomic E-state index is 13.5. The van der Waals surface area contributed by atoms with Gasteiger partial charge in [-0.05, 0) is 62.2 Å². The molecule has 2 aromatic rings. The van der Waals surface area contributed by atoms with Gasteiger partial charge >= 0.3 is 12.2 Å². The molecule has 0 aromatic heterocycles. The highest BCUT2D eigenvalue weighted by atomic mass is 19.4. The van der Waals surface area contributed by atoms with Crippen molar-refractivity contribution in [3.8, 4) is 5.75 Å². The van der Waals surface area contributed by atoms with E-state index < -0.39 is 29.9 Å². The van der Waals surface area contributed by atoms with E-state index in [1.165, 1.54) is 17.0 Å². The lowest BCUT2D eigenvalue weighted by Crippen LogP contribution is -2.48. The molecule has 3 atom stereocenters. The zero-order chi connectivity index (χ0) is 32.0. The molecule has 0 bridgehead atoms. The van der Waals surface area contributed by atoms with Gasteiger partial charge in [-0.15, -0.1) is 0 Å². The van der Waals surface area contributed by atoms with Crippen molar-refractivity contribution in [2.45, 2.75) is 70.7 Å². The van der Waals surface area contributed by atoms with Gasteiger partial charge in [0.05, 0.1) is 31.2 Å². The van der Waals surface area contributed by atoms with E-state index in [0.717, 1.165) is 44.2 Å². The van der Waals surface area contributed by atoms with Crippen LogP contribution in [0.25, 0.3) is 0 Å². The van der Waals surface area contributed by atoms with Gasteiger partial charge in [0.15, 0.2) is 0 Å². The molecule has 2 aromatic carbocycles. The number of carbonyl (C=O) groups excluding carboxylic acids is 3. The lowest BCUT2D eigenvalue weighted by atomic mass is 9.88. The molecule has 44 heavy (non-hydrogen) atoms. The fraction of sp³-hybridized carbons (Fsp3) is 0.531. The van der Waals surface area contributed by atoms with Crippen molar-refractivity contribution in [3.63, 3.8) is 0 Å². The van der Waals surface area contributed by atoms with Gasteiger partial charge in [-0.1, -0.05) is 26.2 Å². The summed E-state index contributed by atoms with van der Waals surface area (Å²) in [4.78, 5) is 42.3. The highest BCUT2D eigenvalue weighted by Gasteiger charge is 2.33. The number of anilines is 2. The topological polar surface area (TPSA) is 111 Å². The van der Waals surface area contributed by atoms with E-state index in [2.05, 4.69) is 10.6 Å². The second-order valence-corrected chi connectivity index (χ2v) is 11.9. The number of nitrogens with zero attached hydrogens (tertiary/aromatic N) is 2. The largest absolute Gasteiger partial charge is 0.488 e. The van der Waals surface area contributed by atoms with Crippen LogP contribution in [0.1, 0.15) is 57.1 Å². The third-order valence-corrected chi connectivity index (χ3v) is 8.42. The van der Waals surface area contributed by atoms with Crippen LogP contribution in [-0.4, -0.2) is 71.6 Å². The zero-order valence-corrected chi connectivity index (χ0v) is 25.3. The molecule has 4 rings (SSSR count). The predicted octanol–water partition coefficient (Wildman–Crippen LogP) is 5.54. The van der Waals surface area contributed by atoms with Crippen molar-refractivity contribution >= 4 is 29.2 Å². The predicted molar refractivity (Wildman–Crippen MR) is 160 cm³/mol. The number of carbonyl (C=O) groups is 3. The summed E-state index contributed by atoms with van der Waals surface area (Å²) in [6.07, 6.45) is -0.173. The monoisotopic (exact) mass is 618 g/mol. The summed E-state index contributed by atoms with van der Waals surface area (Å²) in [5.74, 6) is -0.107. The first kappa shape index (κ1) is 33.1. The molecule has 4 amide bonds. The Hall–Kier alpha value is -3.80. The Kier molecular flexibility index (Phi) is 10.8. The van der Waals surface area contributed by atoms with E-state index in [9.17, 15) is 32.7 Å². The van der Waals surface area contributed by atoms with Gasteiger partial charge in [-0.2, -0.15) is 13.2 Å². The SMILES string of the molecule is C[C@@H]1CN([C@@H](C)CO)C(=O)Cc2cc(NC(=O)C3CCCCC3)ccc2O[C@@H]1CN(C)C(=O)Nc1ccc(C(F)(F)F)cc1. The van der Waals surface area contributed by atoms with E-state index in [1.807, 2.05) is 6.92 Å².